The number of benzene rings is 2. The van der Waals surface area contributed by atoms with Crippen molar-refractivity contribution in [3.63, 3.8) is 0 Å². The Kier molecular flexibility index (Phi) is 6.63. The second-order valence-electron chi connectivity index (χ2n) is 6.63. The number of carbonyl (C=O) groups is 2. The number of aromatic nitrogens is 1. The molecule has 0 fully saturated rings. The average molecular weight is 393 g/mol. The summed E-state index contributed by atoms with van der Waals surface area (Å²) in [6, 6.07) is 16.6. The van der Waals surface area contributed by atoms with Gasteiger partial charge in [-0.05, 0) is 24.3 Å². The number of nitrogens with one attached hydrogen (secondary N) is 1. The number of amides is 2. The van der Waals surface area contributed by atoms with E-state index >= 15 is 0 Å². The molecule has 2 amide bonds. The fourth-order valence-electron chi connectivity index (χ4n) is 2.51. The molecular formula is C22H23N3O4. The highest BCUT2D eigenvalue weighted by molar-refractivity contribution is 5.90. The van der Waals surface area contributed by atoms with Crippen molar-refractivity contribution in [3.05, 3.63) is 66.7 Å². The minimum atomic E-state index is -0.138. The molecule has 7 nitrogen and oxygen atoms in total. The summed E-state index contributed by atoms with van der Waals surface area (Å²) >= 11 is 0. The lowest BCUT2D eigenvalue weighted by Gasteiger charge is -2.11. The quantitative estimate of drug-likeness (QED) is 0.634. The summed E-state index contributed by atoms with van der Waals surface area (Å²) in [6.45, 7) is -0.0280. The van der Waals surface area contributed by atoms with Crippen molar-refractivity contribution in [1.82, 2.24) is 9.88 Å². The molecule has 3 rings (SSSR count). The van der Waals surface area contributed by atoms with E-state index in [1.54, 1.807) is 44.6 Å². The number of oxazole rings is 1. The molecule has 0 radical (unpaired) electrons. The minimum Gasteiger partial charge on any atom is -0.484 e. The van der Waals surface area contributed by atoms with Crippen LogP contribution in [-0.4, -0.2) is 42.4 Å². The van der Waals surface area contributed by atoms with E-state index in [9.17, 15) is 9.59 Å². The highest BCUT2D eigenvalue weighted by Gasteiger charge is 2.10. The molecule has 0 bridgehead atoms. The highest BCUT2D eigenvalue weighted by Crippen LogP contribution is 2.20. The monoisotopic (exact) mass is 393 g/mol. The molecule has 0 unspecified atom stereocenters. The first-order valence-electron chi connectivity index (χ1n) is 9.24. The Morgan fingerprint density at radius 1 is 1.07 bits per heavy atom. The van der Waals surface area contributed by atoms with Crippen molar-refractivity contribution in [2.24, 2.45) is 0 Å². The van der Waals surface area contributed by atoms with Gasteiger partial charge in [0.25, 0.3) is 5.91 Å². The van der Waals surface area contributed by atoms with Crippen LogP contribution >= 0.6 is 0 Å². The van der Waals surface area contributed by atoms with Crippen LogP contribution in [0.15, 0.2) is 65.2 Å². The first kappa shape index (κ1) is 20.1. The van der Waals surface area contributed by atoms with E-state index in [2.05, 4.69) is 10.3 Å². The topological polar surface area (TPSA) is 84.7 Å². The maximum Gasteiger partial charge on any atom is 0.259 e. The van der Waals surface area contributed by atoms with E-state index in [1.807, 2.05) is 30.3 Å². The van der Waals surface area contributed by atoms with Crippen LogP contribution in [0, 0.1) is 0 Å². The summed E-state index contributed by atoms with van der Waals surface area (Å²) in [5.41, 5.74) is 1.60. The van der Waals surface area contributed by atoms with Crippen LogP contribution in [0.2, 0.25) is 0 Å². The second-order valence-corrected chi connectivity index (χ2v) is 6.63. The van der Waals surface area contributed by atoms with Crippen LogP contribution in [0.1, 0.15) is 12.3 Å². The molecule has 0 aliphatic carbocycles. The summed E-state index contributed by atoms with van der Waals surface area (Å²) in [7, 11) is 3.34. The van der Waals surface area contributed by atoms with E-state index in [0.717, 1.165) is 5.56 Å². The van der Waals surface area contributed by atoms with E-state index in [1.165, 1.54) is 4.90 Å². The number of ether oxygens (including phenoxy) is 1. The van der Waals surface area contributed by atoms with E-state index < -0.39 is 0 Å². The van der Waals surface area contributed by atoms with Crippen molar-refractivity contribution in [2.75, 3.05) is 26.0 Å². The summed E-state index contributed by atoms with van der Waals surface area (Å²) in [6.07, 6.45) is 2.33. The average Bonchev–Trinajstić information content (AvgIpc) is 3.21. The van der Waals surface area contributed by atoms with Crippen molar-refractivity contribution in [3.8, 4) is 17.1 Å². The SMILES string of the molecule is CN(C)C(=O)COc1ccc(NC(=O)CCc2ncc(-c3ccccc3)o2)cc1. The van der Waals surface area contributed by atoms with Crippen LogP contribution < -0.4 is 10.1 Å². The van der Waals surface area contributed by atoms with Gasteiger partial charge in [-0.3, -0.25) is 9.59 Å². The molecule has 0 aliphatic rings. The number of carbonyl (C=O) groups excluding carboxylic acids is 2. The van der Waals surface area contributed by atoms with E-state index in [0.29, 0.717) is 29.5 Å². The summed E-state index contributed by atoms with van der Waals surface area (Å²) < 4.78 is 11.1. The van der Waals surface area contributed by atoms with Crippen LogP contribution in [0.5, 0.6) is 5.75 Å². The number of anilines is 1. The van der Waals surface area contributed by atoms with Gasteiger partial charge in [0.2, 0.25) is 5.91 Å². The molecule has 0 saturated carbocycles. The molecule has 0 aliphatic heterocycles. The molecule has 0 spiro atoms. The molecular weight excluding hydrogens is 370 g/mol. The number of likely N-dealkylation sites (N-methyl/N-ethyl adjacent to an activating group) is 1. The maximum atomic E-state index is 12.2. The fraction of sp³-hybridized carbons (Fsp3) is 0.227. The van der Waals surface area contributed by atoms with Gasteiger partial charge in [-0.1, -0.05) is 30.3 Å². The van der Waals surface area contributed by atoms with Gasteiger partial charge in [0, 0.05) is 38.2 Å². The van der Waals surface area contributed by atoms with E-state index in [4.69, 9.17) is 9.15 Å². The zero-order valence-corrected chi connectivity index (χ0v) is 16.4. The smallest absolute Gasteiger partial charge is 0.259 e. The number of nitrogens with zero attached hydrogens (tertiary/aromatic N) is 2. The minimum absolute atomic E-state index is 0.0280. The Hall–Kier alpha value is -3.61. The summed E-state index contributed by atoms with van der Waals surface area (Å²) in [4.78, 5) is 29.4. The lowest BCUT2D eigenvalue weighted by molar-refractivity contribution is -0.130. The number of rotatable bonds is 8. The Balaban J connectivity index is 1.46. The van der Waals surface area contributed by atoms with Gasteiger partial charge < -0.3 is 19.4 Å². The Labute approximate surface area is 169 Å². The summed E-state index contributed by atoms with van der Waals surface area (Å²) in [5.74, 6) is 1.51. The van der Waals surface area contributed by atoms with Gasteiger partial charge in [-0.2, -0.15) is 0 Å². The lowest BCUT2D eigenvalue weighted by Crippen LogP contribution is -2.27. The normalized spacial score (nSPS) is 10.4. The Morgan fingerprint density at radius 3 is 2.48 bits per heavy atom. The molecule has 1 aromatic heterocycles. The fourth-order valence-corrected chi connectivity index (χ4v) is 2.51. The number of hydrogen-bond donors (Lipinski definition) is 1. The first-order chi connectivity index (χ1) is 14.0. The van der Waals surface area contributed by atoms with Gasteiger partial charge >= 0.3 is 0 Å². The first-order valence-corrected chi connectivity index (χ1v) is 9.24. The zero-order valence-electron chi connectivity index (χ0n) is 16.4. The molecule has 29 heavy (non-hydrogen) atoms. The predicted octanol–water partition coefficient (Wildman–Crippen LogP) is 3.38. The largest absolute Gasteiger partial charge is 0.484 e. The van der Waals surface area contributed by atoms with Crippen molar-refractivity contribution < 1.29 is 18.7 Å². The van der Waals surface area contributed by atoms with Crippen molar-refractivity contribution in [2.45, 2.75) is 12.8 Å². The highest BCUT2D eigenvalue weighted by atomic mass is 16.5. The zero-order chi connectivity index (χ0) is 20.6. The molecule has 2 aromatic carbocycles. The van der Waals surface area contributed by atoms with Gasteiger partial charge in [-0.15, -0.1) is 0 Å². The maximum absolute atomic E-state index is 12.2. The third-order valence-electron chi connectivity index (χ3n) is 4.18. The van der Waals surface area contributed by atoms with Crippen LogP contribution in [0.3, 0.4) is 0 Å². The lowest BCUT2D eigenvalue weighted by atomic mass is 10.2. The third kappa shape index (κ3) is 5.93. The van der Waals surface area contributed by atoms with Gasteiger partial charge in [0.05, 0.1) is 6.20 Å². The number of hydrogen-bond acceptors (Lipinski definition) is 5. The Bertz CT molecular complexity index is 950. The predicted molar refractivity (Wildman–Crippen MR) is 110 cm³/mol. The summed E-state index contributed by atoms with van der Waals surface area (Å²) in [5, 5.41) is 2.82. The van der Waals surface area contributed by atoms with Gasteiger partial charge in [-0.25, -0.2) is 4.98 Å². The molecule has 3 aromatic rings. The van der Waals surface area contributed by atoms with Gasteiger partial charge in [0.1, 0.15) is 5.75 Å². The van der Waals surface area contributed by atoms with Crippen molar-refractivity contribution in [1.29, 1.82) is 0 Å². The Morgan fingerprint density at radius 2 is 1.79 bits per heavy atom. The molecule has 0 atom stereocenters. The van der Waals surface area contributed by atoms with Gasteiger partial charge in [0.15, 0.2) is 18.3 Å². The third-order valence-corrected chi connectivity index (χ3v) is 4.18. The van der Waals surface area contributed by atoms with Crippen molar-refractivity contribution >= 4 is 17.5 Å². The second kappa shape index (κ2) is 9.54. The van der Waals surface area contributed by atoms with Crippen LogP contribution in [0.25, 0.3) is 11.3 Å². The molecule has 7 heteroatoms. The van der Waals surface area contributed by atoms with E-state index in [-0.39, 0.29) is 24.8 Å². The molecule has 0 saturated heterocycles. The molecule has 150 valence electrons. The molecule has 1 N–H and O–H groups in total. The number of aryl methyl sites for hydroxylation is 1. The van der Waals surface area contributed by atoms with Crippen LogP contribution in [0.4, 0.5) is 5.69 Å². The molecule has 1 heterocycles. The standard InChI is InChI=1S/C22H23N3O4/c1-25(2)22(27)15-28-18-10-8-17(9-11-18)24-20(26)12-13-21-23-14-19(29-21)16-6-4-3-5-7-16/h3-11,14H,12-13,15H2,1-2H3,(H,24,26). The van der Waals surface area contributed by atoms with Crippen LogP contribution in [-0.2, 0) is 16.0 Å².